The standard InChI is InChI=1S/C18H30OSi/c1-2-3-5-12-17(16-10-6-4-7-11-16)15-20-18-13-8-9-14-19-18/h4,6-7,10-11,17-18H,2-3,5,8-9,12-15,20H2,1H3. The molecule has 1 aromatic rings. The van der Waals surface area contributed by atoms with Crippen LogP contribution in [0.4, 0.5) is 0 Å². The number of unbranched alkanes of at least 4 members (excludes halogenated alkanes) is 2. The van der Waals surface area contributed by atoms with Crippen LogP contribution in [0.1, 0.15) is 63.4 Å². The van der Waals surface area contributed by atoms with E-state index >= 15 is 0 Å². The molecular weight excluding hydrogens is 260 g/mol. The lowest BCUT2D eigenvalue weighted by Gasteiger charge is -2.25. The Morgan fingerprint density at radius 3 is 2.75 bits per heavy atom. The molecular formula is C18H30OSi. The van der Waals surface area contributed by atoms with Gasteiger partial charge in [-0.25, -0.2) is 0 Å². The van der Waals surface area contributed by atoms with Crippen LogP contribution in [-0.2, 0) is 4.74 Å². The zero-order valence-corrected chi connectivity index (χ0v) is 14.4. The van der Waals surface area contributed by atoms with E-state index < -0.39 is 0 Å². The Kier molecular flexibility index (Phi) is 7.38. The minimum absolute atomic E-state index is 0.0822. The van der Waals surface area contributed by atoms with Gasteiger partial charge in [0.25, 0.3) is 0 Å². The molecule has 1 heterocycles. The second-order valence-electron chi connectivity index (χ2n) is 6.17. The highest BCUT2D eigenvalue weighted by Crippen LogP contribution is 2.27. The Bertz CT molecular complexity index is 346. The predicted octanol–water partition coefficient (Wildman–Crippen LogP) is 4.46. The molecule has 2 unspecified atom stereocenters. The normalized spacial score (nSPS) is 21.4. The summed E-state index contributed by atoms with van der Waals surface area (Å²) in [7, 11) is -0.0822. The minimum Gasteiger partial charge on any atom is -0.382 e. The van der Waals surface area contributed by atoms with E-state index in [1.165, 1.54) is 51.0 Å². The van der Waals surface area contributed by atoms with Crippen LogP contribution in [-0.4, -0.2) is 21.9 Å². The summed E-state index contributed by atoms with van der Waals surface area (Å²) in [5.41, 5.74) is 2.23. The molecule has 1 aromatic carbocycles. The fourth-order valence-electron chi connectivity index (χ4n) is 3.27. The van der Waals surface area contributed by atoms with Crippen molar-refractivity contribution in [2.45, 2.75) is 69.6 Å². The molecule has 0 aliphatic carbocycles. The molecule has 0 radical (unpaired) electrons. The molecule has 0 bridgehead atoms. The van der Waals surface area contributed by atoms with E-state index in [0.717, 1.165) is 12.5 Å². The molecule has 1 nitrogen and oxygen atoms in total. The first kappa shape index (κ1) is 15.8. The van der Waals surface area contributed by atoms with E-state index in [9.17, 15) is 0 Å². The second kappa shape index (κ2) is 9.35. The Morgan fingerprint density at radius 2 is 2.05 bits per heavy atom. The lowest BCUT2D eigenvalue weighted by molar-refractivity contribution is 0.0648. The molecule has 1 aliphatic heterocycles. The van der Waals surface area contributed by atoms with Gasteiger partial charge in [-0.3, -0.25) is 0 Å². The van der Waals surface area contributed by atoms with Gasteiger partial charge in [0.2, 0.25) is 0 Å². The van der Waals surface area contributed by atoms with Crippen LogP contribution in [0.3, 0.4) is 0 Å². The molecule has 1 fully saturated rings. The van der Waals surface area contributed by atoms with Crippen molar-refractivity contribution < 1.29 is 4.74 Å². The molecule has 2 atom stereocenters. The zero-order chi connectivity index (χ0) is 14.0. The van der Waals surface area contributed by atoms with Crippen molar-refractivity contribution in [3.05, 3.63) is 35.9 Å². The highest BCUT2D eigenvalue weighted by atomic mass is 28.2. The molecule has 2 rings (SSSR count). The quantitative estimate of drug-likeness (QED) is 0.507. The summed E-state index contributed by atoms with van der Waals surface area (Å²) in [5, 5.41) is 0. The molecule has 0 aromatic heterocycles. The van der Waals surface area contributed by atoms with Crippen molar-refractivity contribution in [1.29, 1.82) is 0 Å². The minimum atomic E-state index is -0.0822. The summed E-state index contributed by atoms with van der Waals surface area (Å²) >= 11 is 0. The Balaban J connectivity index is 1.84. The largest absolute Gasteiger partial charge is 0.382 e. The van der Waals surface area contributed by atoms with Gasteiger partial charge in [0.05, 0.1) is 9.52 Å². The van der Waals surface area contributed by atoms with Crippen LogP contribution < -0.4 is 0 Å². The fraction of sp³-hybridized carbons (Fsp3) is 0.667. The molecule has 0 N–H and O–H groups in total. The SMILES string of the molecule is CCCCCC(C[SiH2]C1CCCCO1)c1ccccc1. The highest BCUT2D eigenvalue weighted by Gasteiger charge is 2.18. The summed E-state index contributed by atoms with van der Waals surface area (Å²) in [6.07, 6.45) is 9.47. The van der Waals surface area contributed by atoms with Crippen molar-refractivity contribution in [2.24, 2.45) is 0 Å². The number of hydrogen-bond donors (Lipinski definition) is 0. The molecule has 0 saturated carbocycles. The van der Waals surface area contributed by atoms with E-state index in [4.69, 9.17) is 4.74 Å². The summed E-state index contributed by atoms with van der Waals surface area (Å²) < 4.78 is 5.95. The predicted molar refractivity (Wildman–Crippen MR) is 90.3 cm³/mol. The van der Waals surface area contributed by atoms with Gasteiger partial charge in [0, 0.05) is 12.3 Å². The molecule has 0 spiro atoms. The number of hydrogen-bond acceptors (Lipinski definition) is 1. The maximum absolute atomic E-state index is 5.95. The average molecular weight is 291 g/mol. The molecule has 1 aliphatic rings. The molecule has 0 amide bonds. The van der Waals surface area contributed by atoms with Gasteiger partial charge in [-0.1, -0.05) is 62.6 Å². The van der Waals surface area contributed by atoms with Crippen LogP contribution in [0.2, 0.25) is 6.04 Å². The smallest absolute Gasteiger partial charge is 0.0561 e. The van der Waals surface area contributed by atoms with E-state index in [-0.39, 0.29) is 9.52 Å². The summed E-state index contributed by atoms with van der Waals surface area (Å²) in [4.78, 5) is 0. The lowest BCUT2D eigenvalue weighted by atomic mass is 9.95. The monoisotopic (exact) mass is 290 g/mol. The van der Waals surface area contributed by atoms with Crippen molar-refractivity contribution in [2.75, 3.05) is 6.61 Å². The first-order valence-corrected chi connectivity index (χ1v) is 10.4. The van der Waals surface area contributed by atoms with Crippen molar-refractivity contribution >= 4 is 9.52 Å². The third kappa shape index (κ3) is 5.41. The third-order valence-corrected chi connectivity index (χ3v) is 6.86. The van der Waals surface area contributed by atoms with Crippen LogP contribution in [0.15, 0.2) is 30.3 Å². The van der Waals surface area contributed by atoms with Gasteiger partial charge in [-0.05, 0) is 37.2 Å². The number of ether oxygens (including phenoxy) is 1. The first-order chi connectivity index (χ1) is 9.90. The van der Waals surface area contributed by atoms with Crippen LogP contribution in [0.5, 0.6) is 0 Å². The van der Waals surface area contributed by atoms with Crippen LogP contribution in [0.25, 0.3) is 0 Å². The maximum Gasteiger partial charge on any atom is 0.0561 e. The van der Waals surface area contributed by atoms with Crippen molar-refractivity contribution in [3.8, 4) is 0 Å². The molecule has 112 valence electrons. The fourth-order valence-corrected chi connectivity index (χ4v) is 5.57. The van der Waals surface area contributed by atoms with Crippen LogP contribution >= 0.6 is 0 Å². The summed E-state index contributed by atoms with van der Waals surface area (Å²) in [6, 6.07) is 12.6. The third-order valence-electron chi connectivity index (χ3n) is 4.54. The van der Waals surface area contributed by atoms with Gasteiger partial charge < -0.3 is 4.74 Å². The Labute approximate surface area is 126 Å². The number of rotatable bonds is 8. The molecule has 2 heteroatoms. The highest BCUT2D eigenvalue weighted by molar-refractivity contribution is 6.37. The zero-order valence-electron chi connectivity index (χ0n) is 13.0. The summed E-state index contributed by atoms with van der Waals surface area (Å²) in [6.45, 7) is 3.31. The van der Waals surface area contributed by atoms with E-state index in [0.29, 0.717) is 5.73 Å². The first-order valence-electron chi connectivity index (χ1n) is 8.56. The van der Waals surface area contributed by atoms with Gasteiger partial charge >= 0.3 is 0 Å². The van der Waals surface area contributed by atoms with E-state index in [1.807, 2.05) is 0 Å². The van der Waals surface area contributed by atoms with E-state index in [1.54, 1.807) is 5.56 Å². The van der Waals surface area contributed by atoms with Crippen molar-refractivity contribution in [1.82, 2.24) is 0 Å². The molecule has 20 heavy (non-hydrogen) atoms. The van der Waals surface area contributed by atoms with Gasteiger partial charge in [-0.15, -0.1) is 0 Å². The Morgan fingerprint density at radius 1 is 1.20 bits per heavy atom. The van der Waals surface area contributed by atoms with Gasteiger partial charge in [0.1, 0.15) is 0 Å². The van der Waals surface area contributed by atoms with Gasteiger partial charge in [-0.2, -0.15) is 0 Å². The maximum atomic E-state index is 5.95. The molecule has 1 saturated heterocycles. The van der Waals surface area contributed by atoms with Gasteiger partial charge in [0.15, 0.2) is 0 Å². The van der Waals surface area contributed by atoms with E-state index in [2.05, 4.69) is 37.3 Å². The average Bonchev–Trinajstić information content (AvgIpc) is 2.52. The van der Waals surface area contributed by atoms with Crippen molar-refractivity contribution in [3.63, 3.8) is 0 Å². The van der Waals surface area contributed by atoms with Crippen LogP contribution in [0, 0.1) is 0 Å². The number of benzene rings is 1. The summed E-state index contributed by atoms with van der Waals surface area (Å²) in [5.74, 6) is 0.792. The lowest BCUT2D eigenvalue weighted by Crippen LogP contribution is -2.26. The Hall–Kier alpha value is -0.603. The topological polar surface area (TPSA) is 9.23 Å². The second-order valence-corrected chi connectivity index (χ2v) is 8.23.